The summed E-state index contributed by atoms with van der Waals surface area (Å²) >= 11 is 4.43. The molecule has 2 nitrogen and oxygen atoms in total. The van der Waals surface area contributed by atoms with Crippen LogP contribution in [0.2, 0.25) is 0 Å². The van der Waals surface area contributed by atoms with Gasteiger partial charge in [0.05, 0.1) is 11.6 Å². The van der Waals surface area contributed by atoms with Gasteiger partial charge in [-0.3, -0.25) is 0 Å². The van der Waals surface area contributed by atoms with Gasteiger partial charge in [-0.1, -0.05) is 12.1 Å². The second-order valence-corrected chi connectivity index (χ2v) is 5.23. The van der Waals surface area contributed by atoms with E-state index in [1.165, 1.54) is 11.3 Å². The number of aliphatic hydroxyl groups excluding tert-OH is 1. The van der Waals surface area contributed by atoms with Crippen molar-refractivity contribution in [3.8, 4) is 5.75 Å². The topological polar surface area (TPSA) is 29.5 Å². The molecule has 0 saturated heterocycles. The van der Waals surface area contributed by atoms with Gasteiger partial charge in [0.2, 0.25) is 0 Å². The third-order valence-electron chi connectivity index (χ3n) is 2.38. The first-order chi connectivity index (χ1) is 8.13. The molecular weight excluding hydrogens is 307 g/mol. The quantitative estimate of drug-likeness (QED) is 0.934. The van der Waals surface area contributed by atoms with Crippen LogP contribution in [0.1, 0.15) is 16.5 Å². The number of halogens is 2. The van der Waals surface area contributed by atoms with Gasteiger partial charge in [-0.2, -0.15) is 0 Å². The Kier molecular flexibility index (Phi) is 3.81. The van der Waals surface area contributed by atoms with Crippen molar-refractivity contribution in [2.45, 2.75) is 6.10 Å². The van der Waals surface area contributed by atoms with Gasteiger partial charge in [-0.15, -0.1) is 11.3 Å². The normalized spacial score (nSPS) is 12.5. The first-order valence-electron chi connectivity index (χ1n) is 4.88. The van der Waals surface area contributed by atoms with E-state index in [0.717, 1.165) is 0 Å². The molecule has 0 spiro atoms. The Labute approximate surface area is 111 Å². The zero-order valence-electron chi connectivity index (χ0n) is 8.98. The summed E-state index contributed by atoms with van der Waals surface area (Å²) in [6.45, 7) is 0. The number of hydrogen-bond acceptors (Lipinski definition) is 3. The zero-order chi connectivity index (χ0) is 12.4. The highest BCUT2D eigenvalue weighted by molar-refractivity contribution is 9.10. The fourth-order valence-corrected chi connectivity index (χ4v) is 2.71. The van der Waals surface area contributed by atoms with Crippen molar-refractivity contribution in [2.75, 3.05) is 7.11 Å². The van der Waals surface area contributed by atoms with E-state index in [4.69, 9.17) is 4.74 Å². The number of aliphatic hydroxyl groups is 1. The summed E-state index contributed by atoms with van der Waals surface area (Å²) in [6.07, 6.45) is -0.971. The van der Waals surface area contributed by atoms with Gasteiger partial charge >= 0.3 is 0 Å². The van der Waals surface area contributed by atoms with E-state index in [-0.39, 0.29) is 5.56 Å². The van der Waals surface area contributed by atoms with Crippen LogP contribution in [0.15, 0.2) is 34.1 Å². The predicted molar refractivity (Wildman–Crippen MR) is 69.0 cm³/mol. The standard InChI is InChI=1S/C12H10BrFO2S/c1-16-7-5-10(17-6-7)12(15)8-3-2-4-9(13)11(8)14/h2-6,12,15H,1H3. The molecule has 1 aromatic heterocycles. The van der Waals surface area contributed by atoms with Crippen molar-refractivity contribution in [3.05, 3.63) is 50.4 Å². The summed E-state index contributed by atoms with van der Waals surface area (Å²) in [5.74, 6) is 0.229. The summed E-state index contributed by atoms with van der Waals surface area (Å²) in [5, 5.41) is 11.9. The van der Waals surface area contributed by atoms with Crippen LogP contribution < -0.4 is 4.74 Å². The SMILES string of the molecule is COc1csc(C(O)c2cccc(Br)c2F)c1. The molecular formula is C12H10BrFO2S. The summed E-state index contributed by atoms with van der Waals surface area (Å²) in [6, 6.07) is 6.56. The first kappa shape index (κ1) is 12.5. The van der Waals surface area contributed by atoms with Crippen molar-refractivity contribution in [3.63, 3.8) is 0 Å². The van der Waals surface area contributed by atoms with Gasteiger partial charge in [0.15, 0.2) is 0 Å². The van der Waals surface area contributed by atoms with Gasteiger partial charge in [-0.05, 0) is 28.1 Å². The molecule has 1 aromatic carbocycles. The molecule has 0 bridgehead atoms. The Balaban J connectivity index is 2.36. The highest BCUT2D eigenvalue weighted by atomic mass is 79.9. The first-order valence-corrected chi connectivity index (χ1v) is 6.55. The van der Waals surface area contributed by atoms with E-state index in [1.807, 2.05) is 0 Å². The van der Waals surface area contributed by atoms with Gasteiger partial charge in [0.25, 0.3) is 0 Å². The maximum Gasteiger partial charge on any atom is 0.143 e. The number of thiophene rings is 1. The molecule has 0 radical (unpaired) electrons. The average molecular weight is 317 g/mol. The molecule has 0 aliphatic carbocycles. The third-order valence-corrected chi connectivity index (χ3v) is 3.95. The molecule has 17 heavy (non-hydrogen) atoms. The fourth-order valence-electron chi connectivity index (χ4n) is 1.47. The molecule has 0 fully saturated rings. The smallest absolute Gasteiger partial charge is 0.143 e. The number of benzene rings is 1. The van der Waals surface area contributed by atoms with Crippen molar-refractivity contribution in [1.29, 1.82) is 0 Å². The minimum Gasteiger partial charge on any atom is -0.496 e. The van der Waals surface area contributed by atoms with Crippen LogP contribution in [-0.2, 0) is 0 Å². The van der Waals surface area contributed by atoms with Crippen molar-refractivity contribution >= 4 is 27.3 Å². The van der Waals surface area contributed by atoms with Crippen LogP contribution >= 0.6 is 27.3 Å². The van der Waals surface area contributed by atoms with Crippen molar-refractivity contribution in [1.82, 2.24) is 0 Å². The minimum absolute atomic E-state index is 0.254. The molecule has 0 amide bonds. The average Bonchev–Trinajstić information content (AvgIpc) is 2.80. The lowest BCUT2D eigenvalue weighted by molar-refractivity contribution is 0.218. The summed E-state index contributed by atoms with van der Waals surface area (Å²) in [7, 11) is 1.55. The highest BCUT2D eigenvalue weighted by Gasteiger charge is 2.18. The molecule has 0 saturated carbocycles. The lowest BCUT2D eigenvalue weighted by Crippen LogP contribution is -2.00. The van der Waals surface area contributed by atoms with Gasteiger partial charge in [0.1, 0.15) is 17.7 Å². The summed E-state index contributed by atoms with van der Waals surface area (Å²) < 4.78 is 19.2. The van der Waals surface area contributed by atoms with E-state index in [0.29, 0.717) is 15.1 Å². The number of hydrogen-bond donors (Lipinski definition) is 1. The van der Waals surface area contributed by atoms with Crippen LogP contribution in [-0.4, -0.2) is 12.2 Å². The highest BCUT2D eigenvalue weighted by Crippen LogP contribution is 2.33. The molecule has 0 aliphatic rings. The van der Waals surface area contributed by atoms with Gasteiger partial charge in [-0.25, -0.2) is 4.39 Å². The molecule has 5 heteroatoms. The van der Waals surface area contributed by atoms with Crippen LogP contribution in [0.3, 0.4) is 0 Å². The zero-order valence-corrected chi connectivity index (χ0v) is 11.4. The molecule has 2 rings (SSSR count). The second kappa shape index (κ2) is 5.16. The lowest BCUT2D eigenvalue weighted by Gasteiger charge is -2.10. The van der Waals surface area contributed by atoms with Crippen LogP contribution in [0.4, 0.5) is 4.39 Å². The molecule has 90 valence electrons. The third kappa shape index (κ3) is 2.51. The molecule has 1 unspecified atom stereocenters. The van der Waals surface area contributed by atoms with Crippen LogP contribution in [0.5, 0.6) is 5.75 Å². The summed E-state index contributed by atoms with van der Waals surface area (Å²) in [5.41, 5.74) is 0.254. The largest absolute Gasteiger partial charge is 0.496 e. The lowest BCUT2D eigenvalue weighted by atomic mass is 10.1. The molecule has 1 atom stereocenters. The molecule has 1 N–H and O–H groups in total. The molecule has 1 heterocycles. The van der Waals surface area contributed by atoms with E-state index in [9.17, 15) is 9.50 Å². The number of rotatable bonds is 3. The Morgan fingerprint density at radius 2 is 2.24 bits per heavy atom. The van der Waals surface area contributed by atoms with Crippen LogP contribution in [0.25, 0.3) is 0 Å². The van der Waals surface area contributed by atoms with E-state index in [1.54, 1.807) is 36.8 Å². The van der Waals surface area contributed by atoms with E-state index in [2.05, 4.69) is 15.9 Å². The van der Waals surface area contributed by atoms with Crippen LogP contribution in [0, 0.1) is 5.82 Å². The van der Waals surface area contributed by atoms with E-state index < -0.39 is 11.9 Å². The number of ether oxygens (including phenoxy) is 1. The monoisotopic (exact) mass is 316 g/mol. The Morgan fingerprint density at radius 1 is 1.47 bits per heavy atom. The van der Waals surface area contributed by atoms with E-state index >= 15 is 0 Å². The van der Waals surface area contributed by atoms with Gasteiger partial charge in [0, 0.05) is 15.8 Å². The Hall–Kier alpha value is -0.910. The van der Waals surface area contributed by atoms with Crippen molar-refractivity contribution < 1.29 is 14.2 Å². The van der Waals surface area contributed by atoms with Gasteiger partial charge < -0.3 is 9.84 Å². The summed E-state index contributed by atoms with van der Waals surface area (Å²) in [4.78, 5) is 0.652. The maximum atomic E-state index is 13.8. The Bertz CT molecular complexity index is 527. The number of methoxy groups -OCH3 is 1. The van der Waals surface area contributed by atoms with Crippen molar-refractivity contribution in [2.24, 2.45) is 0 Å². The molecule has 0 aliphatic heterocycles. The maximum absolute atomic E-state index is 13.8. The predicted octanol–water partition coefficient (Wildman–Crippen LogP) is 3.74. The molecule has 2 aromatic rings. The Morgan fingerprint density at radius 3 is 2.88 bits per heavy atom. The second-order valence-electron chi connectivity index (χ2n) is 3.43. The minimum atomic E-state index is -0.971. The fraction of sp³-hybridized carbons (Fsp3) is 0.167.